The zero-order chi connectivity index (χ0) is 18.5. The van der Waals surface area contributed by atoms with Crippen LogP contribution in [-0.2, 0) is 6.42 Å². The molecular weight excluding hydrogens is 360 g/mol. The zero-order valence-corrected chi connectivity index (χ0v) is 15.0. The predicted molar refractivity (Wildman–Crippen MR) is 98.7 cm³/mol. The van der Waals surface area contributed by atoms with Gasteiger partial charge in [-0.25, -0.2) is 13.6 Å². The van der Waals surface area contributed by atoms with E-state index in [0.29, 0.717) is 44.2 Å². The number of para-hydroxylation sites is 1. The first-order valence-electron chi connectivity index (χ1n) is 8.51. The predicted octanol–water partition coefficient (Wildman–Crippen LogP) is 3.69. The molecule has 2 amide bonds. The van der Waals surface area contributed by atoms with E-state index in [1.54, 1.807) is 9.80 Å². The Hall–Kier alpha value is -2.34. The fraction of sp³-hybridized carbons (Fsp3) is 0.316. The monoisotopic (exact) mass is 379 g/mol. The SMILES string of the molecule is O=C(NCCc1ccc(Cl)cc1)N1CCN(c2c(F)cccc2F)CC1. The molecule has 2 aromatic carbocycles. The molecule has 26 heavy (non-hydrogen) atoms. The van der Waals surface area contributed by atoms with Crippen LogP contribution < -0.4 is 10.2 Å². The van der Waals surface area contributed by atoms with Crippen molar-refractivity contribution in [2.75, 3.05) is 37.6 Å². The molecule has 1 fully saturated rings. The lowest BCUT2D eigenvalue weighted by atomic mass is 10.1. The van der Waals surface area contributed by atoms with Crippen LogP contribution >= 0.6 is 11.6 Å². The second kappa shape index (κ2) is 8.36. The number of anilines is 1. The molecular formula is C19H20ClF2N3O. The number of rotatable bonds is 4. The molecule has 1 N–H and O–H groups in total. The van der Waals surface area contributed by atoms with Crippen molar-refractivity contribution in [1.29, 1.82) is 0 Å². The Bertz CT molecular complexity index is 742. The van der Waals surface area contributed by atoms with Gasteiger partial charge < -0.3 is 15.1 Å². The van der Waals surface area contributed by atoms with Crippen molar-refractivity contribution in [3.05, 3.63) is 64.7 Å². The second-order valence-corrected chi connectivity index (χ2v) is 6.59. The Labute approximate surface area is 156 Å². The third kappa shape index (κ3) is 4.43. The minimum Gasteiger partial charge on any atom is -0.363 e. The highest BCUT2D eigenvalue weighted by molar-refractivity contribution is 6.30. The van der Waals surface area contributed by atoms with Crippen LogP contribution in [0.4, 0.5) is 19.3 Å². The summed E-state index contributed by atoms with van der Waals surface area (Å²) in [4.78, 5) is 15.6. The van der Waals surface area contributed by atoms with Gasteiger partial charge in [-0.3, -0.25) is 0 Å². The largest absolute Gasteiger partial charge is 0.363 e. The highest BCUT2D eigenvalue weighted by atomic mass is 35.5. The van der Waals surface area contributed by atoms with Gasteiger partial charge in [-0.05, 0) is 36.2 Å². The van der Waals surface area contributed by atoms with E-state index >= 15 is 0 Å². The van der Waals surface area contributed by atoms with E-state index in [2.05, 4.69) is 5.32 Å². The van der Waals surface area contributed by atoms with Gasteiger partial charge in [-0.1, -0.05) is 29.8 Å². The summed E-state index contributed by atoms with van der Waals surface area (Å²) >= 11 is 5.85. The van der Waals surface area contributed by atoms with Gasteiger partial charge in [0.2, 0.25) is 0 Å². The number of benzene rings is 2. The molecule has 2 aromatic rings. The van der Waals surface area contributed by atoms with Crippen LogP contribution in [0.5, 0.6) is 0 Å². The molecule has 1 aliphatic heterocycles. The fourth-order valence-electron chi connectivity index (χ4n) is 3.00. The topological polar surface area (TPSA) is 35.6 Å². The first-order valence-corrected chi connectivity index (χ1v) is 8.88. The summed E-state index contributed by atoms with van der Waals surface area (Å²) in [6, 6.07) is 11.2. The third-order valence-corrected chi connectivity index (χ3v) is 4.68. The van der Waals surface area contributed by atoms with Gasteiger partial charge in [0.1, 0.15) is 17.3 Å². The van der Waals surface area contributed by atoms with E-state index in [1.165, 1.54) is 18.2 Å². The van der Waals surface area contributed by atoms with Gasteiger partial charge >= 0.3 is 6.03 Å². The summed E-state index contributed by atoms with van der Waals surface area (Å²) in [5, 5.41) is 3.56. The van der Waals surface area contributed by atoms with Gasteiger partial charge in [-0.15, -0.1) is 0 Å². The number of carbonyl (C=O) groups excluding carboxylic acids is 1. The number of hydrogen-bond acceptors (Lipinski definition) is 2. The lowest BCUT2D eigenvalue weighted by Crippen LogP contribution is -2.52. The minimum absolute atomic E-state index is 0.0182. The van der Waals surface area contributed by atoms with E-state index in [-0.39, 0.29) is 11.7 Å². The fourth-order valence-corrected chi connectivity index (χ4v) is 3.13. The van der Waals surface area contributed by atoms with E-state index in [1.807, 2.05) is 24.3 Å². The average molecular weight is 380 g/mol. The van der Waals surface area contributed by atoms with Crippen LogP contribution in [0.1, 0.15) is 5.56 Å². The van der Waals surface area contributed by atoms with Crippen molar-refractivity contribution in [3.8, 4) is 0 Å². The first-order chi connectivity index (χ1) is 12.5. The molecule has 1 heterocycles. The Morgan fingerprint density at radius 1 is 1.00 bits per heavy atom. The average Bonchev–Trinajstić information content (AvgIpc) is 2.64. The number of piperazine rings is 1. The van der Waals surface area contributed by atoms with Crippen LogP contribution in [0.25, 0.3) is 0 Å². The van der Waals surface area contributed by atoms with E-state index < -0.39 is 11.6 Å². The lowest BCUT2D eigenvalue weighted by molar-refractivity contribution is 0.194. The number of amides is 2. The molecule has 3 rings (SSSR count). The molecule has 4 nitrogen and oxygen atoms in total. The van der Waals surface area contributed by atoms with Gasteiger partial charge in [0, 0.05) is 37.7 Å². The van der Waals surface area contributed by atoms with Crippen molar-refractivity contribution in [2.45, 2.75) is 6.42 Å². The Balaban J connectivity index is 1.47. The van der Waals surface area contributed by atoms with Crippen LogP contribution in [-0.4, -0.2) is 43.7 Å². The molecule has 0 radical (unpaired) electrons. The van der Waals surface area contributed by atoms with Crippen molar-refractivity contribution in [1.82, 2.24) is 10.2 Å². The Morgan fingerprint density at radius 2 is 1.62 bits per heavy atom. The van der Waals surface area contributed by atoms with Crippen LogP contribution in [0, 0.1) is 11.6 Å². The number of hydrogen-bond donors (Lipinski definition) is 1. The highest BCUT2D eigenvalue weighted by Crippen LogP contribution is 2.24. The molecule has 0 aromatic heterocycles. The summed E-state index contributed by atoms with van der Waals surface area (Å²) < 4.78 is 27.7. The number of halogens is 3. The van der Waals surface area contributed by atoms with Crippen LogP contribution in [0.2, 0.25) is 5.02 Å². The summed E-state index contributed by atoms with van der Waals surface area (Å²) in [6.07, 6.45) is 0.712. The maximum Gasteiger partial charge on any atom is 0.317 e. The molecule has 0 unspecified atom stereocenters. The molecule has 0 bridgehead atoms. The Morgan fingerprint density at radius 3 is 2.23 bits per heavy atom. The van der Waals surface area contributed by atoms with Crippen molar-refractivity contribution >= 4 is 23.3 Å². The van der Waals surface area contributed by atoms with Gasteiger partial charge in [0.05, 0.1) is 0 Å². The zero-order valence-electron chi connectivity index (χ0n) is 14.2. The summed E-state index contributed by atoms with van der Waals surface area (Å²) in [5.74, 6) is -1.16. The van der Waals surface area contributed by atoms with Crippen molar-refractivity contribution in [2.24, 2.45) is 0 Å². The summed E-state index contributed by atoms with van der Waals surface area (Å²) in [7, 11) is 0. The summed E-state index contributed by atoms with van der Waals surface area (Å²) in [5.41, 5.74) is 1.07. The van der Waals surface area contributed by atoms with E-state index in [9.17, 15) is 13.6 Å². The lowest BCUT2D eigenvalue weighted by Gasteiger charge is -2.36. The summed E-state index contributed by atoms with van der Waals surface area (Å²) in [6.45, 7) is 2.13. The molecule has 0 atom stereocenters. The molecule has 0 saturated carbocycles. The standard InChI is InChI=1S/C19H20ClF2N3O/c20-15-6-4-14(5-7-15)8-9-23-19(26)25-12-10-24(11-13-25)18-16(21)2-1-3-17(18)22/h1-7H,8-13H2,(H,23,26). The van der Waals surface area contributed by atoms with Crippen LogP contribution in [0.3, 0.4) is 0 Å². The first kappa shape index (κ1) is 18.5. The quantitative estimate of drug-likeness (QED) is 0.879. The van der Waals surface area contributed by atoms with Crippen molar-refractivity contribution < 1.29 is 13.6 Å². The van der Waals surface area contributed by atoms with E-state index in [0.717, 1.165) is 5.56 Å². The van der Waals surface area contributed by atoms with E-state index in [4.69, 9.17) is 11.6 Å². The molecule has 0 aliphatic carbocycles. The molecule has 0 spiro atoms. The number of nitrogens with one attached hydrogen (secondary N) is 1. The Kier molecular flexibility index (Phi) is 5.93. The van der Waals surface area contributed by atoms with Gasteiger partial charge in [-0.2, -0.15) is 0 Å². The van der Waals surface area contributed by atoms with Gasteiger partial charge in [0.15, 0.2) is 0 Å². The normalized spacial score (nSPS) is 14.4. The van der Waals surface area contributed by atoms with Gasteiger partial charge in [0.25, 0.3) is 0 Å². The second-order valence-electron chi connectivity index (χ2n) is 6.15. The number of nitrogens with zero attached hydrogens (tertiary/aromatic N) is 2. The molecule has 138 valence electrons. The maximum atomic E-state index is 13.9. The third-order valence-electron chi connectivity index (χ3n) is 4.42. The molecule has 7 heteroatoms. The number of carbonyl (C=O) groups is 1. The maximum absolute atomic E-state index is 13.9. The molecule has 1 saturated heterocycles. The van der Waals surface area contributed by atoms with Crippen LogP contribution in [0.15, 0.2) is 42.5 Å². The van der Waals surface area contributed by atoms with Crippen molar-refractivity contribution in [3.63, 3.8) is 0 Å². The molecule has 1 aliphatic rings. The highest BCUT2D eigenvalue weighted by Gasteiger charge is 2.24. The minimum atomic E-state index is -0.578. The number of urea groups is 1. The smallest absolute Gasteiger partial charge is 0.317 e.